The van der Waals surface area contributed by atoms with E-state index in [4.69, 9.17) is 21.1 Å². The number of H-pyrrole nitrogens is 1. The van der Waals surface area contributed by atoms with E-state index in [0.717, 1.165) is 5.56 Å². The number of aromatic nitrogens is 1. The van der Waals surface area contributed by atoms with Crippen molar-refractivity contribution >= 4 is 32.5 Å². The summed E-state index contributed by atoms with van der Waals surface area (Å²) in [7, 11) is -0.985. The molecule has 4 aromatic rings. The first-order chi connectivity index (χ1) is 16.3. The fraction of sp³-hybridized carbons (Fsp3) is 0.160. The van der Waals surface area contributed by atoms with Gasteiger partial charge in [0, 0.05) is 30.1 Å². The summed E-state index contributed by atoms with van der Waals surface area (Å²) >= 11 is 6.23. The predicted molar refractivity (Wildman–Crippen MR) is 132 cm³/mol. The van der Waals surface area contributed by atoms with Crippen molar-refractivity contribution in [2.75, 3.05) is 14.2 Å². The van der Waals surface area contributed by atoms with E-state index >= 15 is 0 Å². The van der Waals surface area contributed by atoms with Crippen LogP contribution in [-0.4, -0.2) is 31.9 Å². The molecule has 7 nitrogen and oxygen atoms in total. The number of pyridine rings is 1. The largest absolute Gasteiger partial charge is 0.493 e. The van der Waals surface area contributed by atoms with Crippen molar-refractivity contribution in [3.05, 3.63) is 99.3 Å². The maximum atomic E-state index is 13.6. The Labute approximate surface area is 202 Å². The average molecular weight is 499 g/mol. The summed E-state index contributed by atoms with van der Waals surface area (Å²) in [4.78, 5) is 15.7. The number of methoxy groups -OCH3 is 2. The lowest BCUT2D eigenvalue weighted by Gasteiger charge is -2.23. The number of nitrogens with zero attached hydrogens (tertiary/aromatic N) is 1. The number of rotatable bonds is 8. The zero-order valence-electron chi connectivity index (χ0n) is 18.6. The van der Waals surface area contributed by atoms with E-state index in [1.807, 2.05) is 30.3 Å². The van der Waals surface area contributed by atoms with Crippen LogP contribution in [0.15, 0.2) is 82.5 Å². The summed E-state index contributed by atoms with van der Waals surface area (Å²) in [6, 6.07) is 20.5. The minimum atomic E-state index is -4.02. The molecule has 9 heteroatoms. The van der Waals surface area contributed by atoms with Crippen molar-refractivity contribution in [3.63, 3.8) is 0 Å². The summed E-state index contributed by atoms with van der Waals surface area (Å²) in [6.07, 6.45) is 0. The molecule has 0 saturated heterocycles. The summed E-state index contributed by atoms with van der Waals surface area (Å²) in [5.41, 5.74) is 1.22. The number of hydrogen-bond acceptors (Lipinski definition) is 5. The van der Waals surface area contributed by atoms with Gasteiger partial charge < -0.3 is 14.5 Å². The highest BCUT2D eigenvalue weighted by Crippen LogP contribution is 2.32. The van der Waals surface area contributed by atoms with Gasteiger partial charge in [0.05, 0.1) is 24.8 Å². The first-order valence-electron chi connectivity index (χ1n) is 10.4. The van der Waals surface area contributed by atoms with Crippen LogP contribution < -0.4 is 15.0 Å². The fourth-order valence-electron chi connectivity index (χ4n) is 3.69. The zero-order chi connectivity index (χ0) is 24.3. The van der Waals surface area contributed by atoms with Gasteiger partial charge in [-0.1, -0.05) is 54.1 Å². The molecular weight excluding hydrogens is 476 g/mol. The van der Waals surface area contributed by atoms with Crippen LogP contribution in [-0.2, 0) is 23.1 Å². The van der Waals surface area contributed by atoms with Crippen LogP contribution in [0.5, 0.6) is 11.5 Å². The van der Waals surface area contributed by atoms with Gasteiger partial charge in [-0.05, 0) is 29.8 Å². The maximum absolute atomic E-state index is 13.6. The van der Waals surface area contributed by atoms with E-state index in [2.05, 4.69) is 4.98 Å². The van der Waals surface area contributed by atoms with Gasteiger partial charge in [0.2, 0.25) is 10.0 Å². The topological polar surface area (TPSA) is 88.7 Å². The van der Waals surface area contributed by atoms with Crippen molar-refractivity contribution in [2.24, 2.45) is 0 Å². The standard InChI is InChI=1S/C25H23ClN2O5S/c1-32-22-13-18-12-19(25(29)27-21(18)14-23(22)33-2)16-28(15-17-8-4-3-5-9-17)34(30,31)24-11-7-6-10-20(24)26/h3-14H,15-16H2,1-2H3,(H,27,29). The molecule has 0 amide bonds. The summed E-state index contributed by atoms with van der Waals surface area (Å²) < 4.78 is 39.1. The minimum absolute atomic E-state index is 0.0174. The van der Waals surface area contributed by atoms with E-state index in [9.17, 15) is 13.2 Å². The molecule has 0 atom stereocenters. The maximum Gasteiger partial charge on any atom is 0.252 e. The van der Waals surface area contributed by atoms with Crippen LogP contribution in [0.4, 0.5) is 0 Å². The molecule has 0 bridgehead atoms. The normalized spacial score (nSPS) is 11.6. The van der Waals surface area contributed by atoms with Crippen LogP contribution in [0, 0.1) is 0 Å². The quantitative estimate of drug-likeness (QED) is 0.384. The molecule has 0 saturated carbocycles. The van der Waals surface area contributed by atoms with Crippen LogP contribution in [0.1, 0.15) is 11.1 Å². The molecule has 3 aromatic carbocycles. The van der Waals surface area contributed by atoms with Gasteiger partial charge in [0.15, 0.2) is 11.5 Å². The Morgan fingerprint density at radius 1 is 0.882 bits per heavy atom. The number of sulfonamides is 1. The average Bonchev–Trinajstić information content (AvgIpc) is 2.84. The van der Waals surface area contributed by atoms with Gasteiger partial charge in [-0.25, -0.2) is 8.42 Å². The second-order valence-corrected chi connectivity index (χ2v) is 9.92. The van der Waals surface area contributed by atoms with Crippen LogP contribution in [0.2, 0.25) is 5.02 Å². The highest BCUT2D eigenvalue weighted by atomic mass is 35.5. The van der Waals surface area contributed by atoms with Crippen molar-refractivity contribution < 1.29 is 17.9 Å². The highest BCUT2D eigenvalue weighted by Gasteiger charge is 2.28. The molecule has 0 radical (unpaired) electrons. The molecule has 1 N–H and O–H groups in total. The first-order valence-corrected chi connectivity index (χ1v) is 12.2. The van der Waals surface area contributed by atoms with E-state index in [-0.39, 0.29) is 28.6 Å². The smallest absolute Gasteiger partial charge is 0.252 e. The molecule has 176 valence electrons. The fourth-order valence-corrected chi connectivity index (χ4v) is 5.59. The van der Waals surface area contributed by atoms with Crippen LogP contribution in [0.3, 0.4) is 0 Å². The minimum Gasteiger partial charge on any atom is -0.493 e. The Morgan fingerprint density at radius 3 is 2.21 bits per heavy atom. The first kappa shape index (κ1) is 23.8. The summed E-state index contributed by atoms with van der Waals surface area (Å²) in [5.74, 6) is 0.975. The van der Waals surface area contributed by atoms with Gasteiger partial charge in [0.1, 0.15) is 4.90 Å². The third-order valence-electron chi connectivity index (χ3n) is 5.43. The molecule has 1 heterocycles. The lowest BCUT2D eigenvalue weighted by atomic mass is 10.1. The van der Waals surface area contributed by atoms with Crippen LogP contribution in [0.25, 0.3) is 10.9 Å². The van der Waals surface area contributed by atoms with Crippen molar-refractivity contribution in [3.8, 4) is 11.5 Å². The molecule has 0 aliphatic heterocycles. The zero-order valence-corrected chi connectivity index (χ0v) is 20.2. The Bertz CT molecular complexity index is 1490. The molecular formula is C25H23ClN2O5S. The number of ether oxygens (including phenoxy) is 2. The van der Waals surface area contributed by atoms with Gasteiger partial charge in [-0.2, -0.15) is 4.31 Å². The van der Waals surface area contributed by atoms with E-state index < -0.39 is 15.6 Å². The third-order valence-corrected chi connectivity index (χ3v) is 7.72. The number of halogens is 1. The molecule has 0 spiro atoms. The SMILES string of the molecule is COc1cc2cc(CN(Cc3ccccc3)S(=O)(=O)c3ccccc3Cl)c(=O)[nH]c2cc1OC. The molecule has 4 rings (SSSR count). The van der Waals surface area contributed by atoms with Crippen molar-refractivity contribution in [2.45, 2.75) is 18.0 Å². The number of benzene rings is 3. The second kappa shape index (κ2) is 9.89. The highest BCUT2D eigenvalue weighted by molar-refractivity contribution is 7.89. The van der Waals surface area contributed by atoms with Gasteiger partial charge in [-0.3, -0.25) is 4.79 Å². The van der Waals surface area contributed by atoms with Gasteiger partial charge in [-0.15, -0.1) is 0 Å². The second-order valence-electron chi connectivity index (χ2n) is 7.61. The molecule has 1 aromatic heterocycles. The lowest BCUT2D eigenvalue weighted by Crippen LogP contribution is -2.32. The molecule has 0 aliphatic carbocycles. The number of nitrogens with one attached hydrogen (secondary N) is 1. The number of aromatic amines is 1. The molecule has 0 aliphatic rings. The Hall–Kier alpha value is -3.33. The van der Waals surface area contributed by atoms with E-state index in [0.29, 0.717) is 22.4 Å². The van der Waals surface area contributed by atoms with Crippen molar-refractivity contribution in [1.82, 2.24) is 9.29 Å². The molecule has 0 unspecified atom stereocenters. The van der Waals surface area contributed by atoms with Gasteiger partial charge >= 0.3 is 0 Å². The van der Waals surface area contributed by atoms with Crippen LogP contribution >= 0.6 is 11.6 Å². The lowest BCUT2D eigenvalue weighted by molar-refractivity contribution is 0.355. The molecule has 34 heavy (non-hydrogen) atoms. The monoisotopic (exact) mass is 498 g/mol. The van der Waals surface area contributed by atoms with Crippen molar-refractivity contribution in [1.29, 1.82) is 0 Å². The number of fused-ring (bicyclic) bond motifs is 1. The number of hydrogen-bond donors (Lipinski definition) is 1. The summed E-state index contributed by atoms with van der Waals surface area (Å²) in [6.45, 7) is -0.0835. The Morgan fingerprint density at radius 2 is 1.53 bits per heavy atom. The van der Waals surface area contributed by atoms with E-state index in [1.165, 1.54) is 30.7 Å². The Kier molecular flexibility index (Phi) is 6.92. The van der Waals surface area contributed by atoms with E-state index in [1.54, 1.807) is 30.3 Å². The Balaban J connectivity index is 1.80. The third kappa shape index (κ3) is 4.79. The molecule has 0 fully saturated rings. The predicted octanol–water partition coefficient (Wildman–Crippen LogP) is 4.59. The van der Waals surface area contributed by atoms with Gasteiger partial charge in [0.25, 0.3) is 5.56 Å². The summed E-state index contributed by atoms with van der Waals surface area (Å²) in [5, 5.41) is 0.798.